The summed E-state index contributed by atoms with van der Waals surface area (Å²) in [6.45, 7) is 1.46. The zero-order valence-corrected chi connectivity index (χ0v) is 23.1. The number of hydrogen-bond donors (Lipinski definition) is 6. The standard InChI is InChI=1S/C23H25Cl2IN8O3/c24-13-2-3-14(15(25)12-13)20-16(33-11-1-8-23(26,28)22(33)35)4-6-18(31-20)29-9-10-30-19-7-5-17(34(36)37)21(27)32-19/h2-7,12,36-37H,1,8-11,28H2,(H,29,31)(H3,27,30,32). The van der Waals surface area contributed by atoms with E-state index < -0.39 is 3.55 Å². The molecule has 0 bridgehead atoms. The smallest absolute Gasteiger partial charge is 0.257 e. The first-order valence-electron chi connectivity index (χ1n) is 11.2. The van der Waals surface area contributed by atoms with Gasteiger partial charge < -0.3 is 27.0 Å². The number of hydrogen-bond acceptors (Lipinski definition) is 10. The van der Waals surface area contributed by atoms with Crippen molar-refractivity contribution in [2.75, 3.05) is 46.1 Å². The number of benzene rings is 1. The van der Waals surface area contributed by atoms with Crippen LogP contribution in [0.15, 0.2) is 42.5 Å². The molecular weight excluding hydrogens is 634 g/mol. The molecule has 1 fully saturated rings. The predicted molar refractivity (Wildman–Crippen MR) is 154 cm³/mol. The summed E-state index contributed by atoms with van der Waals surface area (Å²) in [6.07, 6.45) is 1.36. The van der Waals surface area contributed by atoms with Crippen molar-refractivity contribution in [2.45, 2.75) is 16.4 Å². The number of amides is 1. The lowest BCUT2D eigenvalue weighted by Gasteiger charge is -2.36. The second-order valence-electron chi connectivity index (χ2n) is 8.36. The van der Waals surface area contributed by atoms with Gasteiger partial charge >= 0.3 is 0 Å². The van der Waals surface area contributed by atoms with Gasteiger partial charge in [0.25, 0.3) is 5.91 Å². The summed E-state index contributed by atoms with van der Waals surface area (Å²) in [5.41, 5.74) is 13.7. The fourth-order valence-electron chi connectivity index (χ4n) is 3.92. The number of carbonyl (C=O) groups excluding carboxylic acids is 1. The van der Waals surface area contributed by atoms with Gasteiger partial charge in [0.2, 0.25) is 0 Å². The van der Waals surface area contributed by atoms with Gasteiger partial charge in [-0.15, -0.1) is 5.23 Å². The predicted octanol–water partition coefficient (Wildman–Crippen LogP) is 4.36. The molecule has 1 aliphatic heterocycles. The fraction of sp³-hybridized carbons (Fsp3) is 0.261. The molecule has 8 N–H and O–H groups in total. The maximum Gasteiger partial charge on any atom is 0.257 e. The third kappa shape index (κ3) is 6.27. The highest BCUT2D eigenvalue weighted by Gasteiger charge is 2.39. The highest BCUT2D eigenvalue weighted by atomic mass is 127. The molecular formula is C23H25Cl2IN8O3. The molecule has 1 atom stereocenters. The number of nitrogens with zero attached hydrogens (tertiary/aromatic N) is 4. The lowest BCUT2D eigenvalue weighted by Crippen LogP contribution is -2.55. The quantitative estimate of drug-likeness (QED) is 0.0673. The van der Waals surface area contributed by atoms with Crippen LogP contribution in [0, 0.1) is 0 Å². The number of carbonyl (C=O) groups is 1. The number of nitrogens with two attached hydrogens (primary N) is 2. The molecule has 0 aliphatic carbocycles. The van der Waals surface area contributed by atoms with Gasteiger partial charge in [0, 0.05) is 30.2 Å². The molecule has 1 saturated heterocycles. The highest BCUT2D eigenvalue weighted by Crippen LogP contribution is 2.39. The average Bonchev–Trinajstić information content (AvgIpc) is 2.83. The normalized spacial score (nSPS) is 17.6. The lowest BCUT2D eigenvalue weighted by atomic mass is 10.0. The van der Waals surface area contributed by atoms with Crippen LogP contribution in [0.3, 0.4) is 0 Å². The number of aromatic nitrogens is 2. The molecule has 196 valence electrons. The summed E-state index contributed by atoms with van der Waals surface area (Å²) >= 11 is 14.6. The number of halogens is 3. The van der Waals surface area contributed by atoms with E-state index in [4.69, 9.17) is 50.1 Å². The van der Waals surface area contributed by atoms with Gasteiger partial charge in [-0.2, -0.15) is 0 Å². The van der Waals surface area contributed by atoms with E-state index in [1.807, 2.05) is 28.7 Å². The summed E-state index contributed by atoms with van der Waals surface area (Å²) in [7, 11) is 0. The molecule has 37 heavy (non-hydrogen) atoms. The maximum absolute atomic E-state index is 13.1. The van der Waals surface area contributed by atoms with Gasteiger partial charge in [-0.05, 0) is 55.3 Å². The van der Waals surface area contributed by atoms with Crippen LogP contribution in [0.25, 0.3) is 11.3 Å². The summed E-state index contributed by atoms with van der Waals surface area (Å²) in [5.74, 6) is 0.823. The van der Waals surface area contributed by atoms with E-state index in [2.05, 4.69) is 15.6 Å². The Hall–Kier alpha value is -2.62. The Labute approximate surface area is 236 Å². The third-order valence-electron chi connectivity index (χ3n) is 5.73. The summed E-state index contributed by atoms with van der Waals surface area (Å²) in [5, 5.41) is 25.4. The molecule has 2 aromatic heterocycles. The first-order chi connectivity index (χ1) is 17.6. The van der Waals surface area contributed by atoms with Gasteiger partial charge in [0.05, 0.1) is 16.4 Å². The summed E-state index contributed by atoms with van der Waals surface area (Å²) in [6, 6.07) is 11.7. The van der Waals surface area contributed by atoms with Crippen LogP contribution in [-0.4, -0.2) is 49.5 Å². The van der Waals surface area contributed by atoms with Crippen molar-refractivity contribution in [3.63, 3.8) is 0 Å². The average molecular weight is 659 g/mol. The second-order valence-corrected chi connectivity index (χ2v) is 11.1. The van der Waals surface area contributed by atoms with Gasteiger partial charge in [0.15, 0.2) is 5.82 Å². The third-order valence-corrected chi connectivity index (χ3v) is 7.28. The number of alkyl halides is 1. The molecule has 1 aromatic carbocycles. The zero-order valence-electron chi connectivity index (χ0n) is 19.5. The van der Waals surface area contributed by atoms with E-state index in [0.717, 1.165) is 6.42 Å². The summed E-state index contributed by atoms with van der Waals surface area (Å²) < 4.78 is -0.984. The van der Waals surface area contributed by atoms with Gasteiger partial charge in [-0.25, -0.2) is 9.97 Å². The minimum atomic E-state index is -0.984. The monoisotopic (exact) mass is 658 g/mol. The van der Waals surface area contributed by atoms with Crippen LogP contribution in [0.4, 0.5) is 28.8 Å². The Morgan fingerprint density at radius 2 is 1.76 bits per heavy atom. The van der Waals surface area contributed by atoms with Crippen LogP contribution in [0.1, 0.15) is 12.8 Å². The van der Waals surface area contributed by atoms with Gasteiger partial charge in [-0.3, -0.25) is 15.2 Å². The SMILES string of the molecule is Nc1nc(NCCNc2ccc(N3CCCC(N)(I)C3=O)c(-c3ccc(Cl)cc3Cl)n2)ccc1N(O)O. The van der Waals surface area contributed by atoms with Crippen molar-refractivity contribution in [1.29, 1.82) is 0 Å². The van der Waals surface area contributed by atoms with Crippen LogP contribution < -0.4 is 32.2 Å². The van der Waals surface area contributed by atoms with Crippen molar-refractivity contribution in [2.24, 2.45) is 5.73 Å². The van der Waals surface area contributed by atoms with Crippen molar-refractivity contribution in [3.05, 3.63) is 52.5 Å². The van der Waals surface area contributed by atoms with Crippen molar-refractivity contribution < 1.29 is 15.2 Å². The molecule has 14 heteroatoms. The lowest BCUT2D eigenvalue weighted by molar-refractivity contribution is -0.121. The molecule has 0 spiro atoms. The number of anilines is 5. The Morgan fingerprint density at radius 3 is 2.41 bits per heavy atom. The van der Waals surface area contributed by atoms with E-state index in [-0.39, 0.29) is 22.6 Å². The van der Waals surface area contributed by atoms with Crippen molar-refractivity contribution in [1.82, 2.24) is 9.97 Å². The molecule has 4 rings (SSSR count). The Morgan fingerprint density at radius 1 is 1.08 bits per heavy atom. The molecule has 0 radical (unpaired) electrons. The first kappa shape index (κ1) is 27.4. The minimum absolute atomic E-state index is 0.0250. The molecule has 1 aliphatic rings. The molecule has 11 nitrogen and oxygen atoms in total. The van der Waals surface area contributed by atoms with Crippen LogP contribution in [-0.2, 0) is 4.79 Å². The van der Waals surface area contributed by atoms with Gasteiger partial charge in [-0.1, -0.05) is 45.8 Å². The molecule has 3 heterocycles. The number of nitrogens with one attached hydrogen (secondary N) is 2. The van der Waals surface area contributed by atoms with Crippen LogP contribution in [0.2, 0.25) is 10.0 Å². The molecule has 1 unspecified atom stereocenters. The van der Waals surface area contributed by atoms with Crippen molar-refractivity contribution in [3.8, 4) is 11.3 Å². The topological polar surface area (TPSA) is 166 Å². The number of pyridine rings is 2. The fourth-order valence-corrected chi connectivity index (χ4v) is 5.09. The first-order valence-corrected chi connectivity index (χ1v) is 13.1. The molecule has 1 amide bonds. The van der Waals surface area contributed by atoms with E-state index in [1.165, 1.54) is 6.07 Å². The second kappa shape index (κ2) is 11.4. The summed E-state index contributed by atoms with van der Waals surface area (Å²) in [4.78, 5) is 23.6. The Balaban J connectivity index is 1.54. The highest BCUT2D eigenvalue weighted by molar-refractivity contribution is 14.1. The van der Waals surface area contributed by atoms with E-state index in [1.54, 1.807) is 35.2 Å². The van der Waals surface area contributed by atoms with Crippen molar-refractivity contribution >= 4 is 80.5 Å². The number of nitrogen functional groups attached to an aromatic ring is 1. The van der Waals surface area contributed by atoms with E-state index >= 15 is 0 Å². The molecule has 3 aromatic rings. The van der Waals surface area contributed by atoms with Crippen LogP contribution in [0.5, 0.6) is 0 Å². The Bertz CT molecular complexity index is 1310. The van der Waals surface area contributed by atoms with Gasteiger partial charge in [0.1, 0.15) is 20.9 Å². The Kier molecular flexibility index (Phi) is 8.46. The number of piperidine rings is 1. The molecule has 0 saturated carbocycles. The zero-order chi connectivity index (χ0) is 26.7. The van der Waals surface area contributed by atoms with E-state index in [9.17, 15) is 4.79 Å². The maximum atomic E-state index is 13.1. The number of rotatable bonds is 8. The van der Waals surface area contributed by atoms with Crippen LogP contribution >= 0.6 is 45.8 Å². The minimum Gasteiger partial charge on any atom is -0.382 e. The largest absolute Gasteiger partial charge is 0.382 e. The van der Waals surface area contributed by atoms with E-state index in [0.29, 0.717) is 64.7 Å².